The van der Waals surface area contributed by atoms with Gasteiger partial charge in [-0.1, -0.05) is 6.42 Å². The summed E-state index contributed by atoms with van der Waals surface area (Å²) in [5, 5.41) is 3.18. The first-order chi connectivity index (χ1) is 8.28. The van der Waals surface area contributed by atoms with Crippen LogP contribution in [0.5, 0.6) is 0 Å². The summed E-state index contributed by atoms with van der Waals surface area (Å²) in [7, 11) is 0. The van der Waals surface area contributed by atoms with E-state index in [0.29, 0.717) is 12.0 Å². The van der Waals surface area contributed by atoms with Crippen LogP contribution in [-0.4, -0.2) is 43.0 Å². The number of piperidine rings is 1. The van der Waals surface area contributed by atoms with Gasteiger partial charge in [0.15, 0.2) is 0 Å². The Morgan fingerprint density at radius 3 is 2.47 bits per heavy atom. The summed E-state index contributed by atoms with van der Waals surface area (Å²) in [5.41, 5.74) is 5.54. The second-order valence-electron chi connectivity index (χ2n) is 5.47. The largest absolute Gasteiger partial charge is 0.353 e. The van der Waals surface area contributed by atoms with Crippen molar-refractivity contribution in [1.29, 1.82) is 0 Å². The lowest BCUT2D eigenvalue weighted by molar-refractivity contribution is -0.123. The van der Waals surface area contributed by atoms with E-state index in [0.717, 1.165) is 45.4 Å². The Morgan fingerprint density at radius 1 is 1.24 bits per heavy atom. The third-order valence-corrected chi connectivity index (χ3v) is 4.10. The third kappa shape index (κ3) is 3.96. The zero-order valence-electron chi connectivity index (χ0n) is 10.7. The predicted octanol–water partition coefficient (Wildman–Crippen LogP) is 0.716. The van der Waals surface area contributed by atoms with E-state index in [1.807, 2.05) is 0 Å². The molecule has 0 spiro atoms. The van der Waals surface area contributed by atoms with Crippen LogP contribution in [0.3, 0.4) is 0 Å². The van der Waals surface area contributed by atoms with Gasteiger partial charge in [-0.2, -0.15) is 0 Å². The fourth-order valence-electron chi connectivity index (χ4n) is 2.73. The molecule has 1 aliphatic carbocycles. The van der Waals surface area contributed by atoms with Gasteiger partial charge in [-0.15, -0.1) is 0 Å². The molecule has 1 heterocycles. The number of amides is 1. The lowest BCUT2D eigenvalue weighted by Gasteiger charge is -2.32. The number of nitrogens with two attached hydrogens (primary N) is 1. The maximum Gasteiger partial charge on any atom is 0.220 e. The van der Waals surface area contributed by atoms with Crippen LogP contribution in [0.4, 0.5) is 0 Å². The quantitative estimate of drug-likeness (QED) is 0.743. The number of nitrogens with zero attached hydrogens (tertiary/aromatic N) is 1. The maximum atomic E-state index is 11.8. The van der Waals surface area contributed by atoms with E-state index in [1.54, 1.807) is 0 Å². The molecule has 4 heteroatoms. The fraction of sp³-hybridized carbons (Fsp3) is 0.923. The molecule has 2 fully saturated rings. The van der Waals surface area contributed by atoms with E-state index in [4.69, 9.17) is 5.73 Å². The van der Waals surface area contributed by atoms with E-state index < -0.39 is 0 Å². The highest BCUT2D eigenvalue weighted by Gasteiger charge is 2.24. The van der Waals surface area contributed by atoms with Crippen LogP contribution in [0.1, 0.15) is 38.5 Å². The molecule has 0 unspecified atom stereocenters. The molecule has 1 saturated carbocycles. The number of likely N-dealkylation sites (tertiary alicyclic amines) is 1. The molecule has 1 saturated heterocycles. The van der Waals surface area contributed by atoms with Gasteiger partial charge in [-0.05, 0) is 31.6 Å². The van der Waals surface area contributed by atoms with Crippen molar-refractivity contribution in [2.45, 2.75) is 44.6 Å². The highest BCUT2D eigenvalue weighted by molar-refractivity contribution is 5.76. The van der Waals surface area contributed by atoms with Gasteiger partial charge >= 0.3 is 0 Å². The average molecular weight is 239 g/mol. The topological polar surface area (TPSA) is 58.4 Å². The molecule has 1 aliphatic heterocycles. The highest BCUT2D eigenvalue weighted by Crippen LogP contribution is 2.29. The van der Waals surface area contributed by atoms with Crippen molar-refractivity contribution in [1.82, 2.24) is 10.2 Å². The van der Waals surface area contributed by atoms with Gasteiger partial charge in [0.05, 0.1) is 0 Å². The predicted molar refractivity (Wildman–Crippen MR) is 68.6 cm³/mol. The average Bonchev–Trinajstić information content (AvgIpc) is 2.27. The molecule has 4 nitrogen and oxygen atoms in total. The Labute approximate surface area is 104 Å². The monoisotopic (exact) mass is 239 g/mol. The van der Waals surface area contributed by atoms with Crippen molar-refractivity contribution in [2.24, 2.45) is 11.7 Å². The highest BCUT2D eigenvalue weighted by atomic mass is 16.1. The van der Waals surface area contributed by atoms with Crippen LogP contribution < -0.4 is 11.1 Å². The molecule has 0 atom stereocenters. The van der Waals surface area contributed by atoms with Gasteiger partial charge < -0.3 is 16.0 Å². The molecule has 2 aliphatic rings. The molecular formula is C13H25N3O. The van der Waals surface area contributed by atoms with Crippen LogP contribution in [0.2, 0.25) is 0 Å². The minimum atomic E-state index is 0.270. The van der Waals surface area contributed by atoms with Crippen molar-refractivity contribution in [3.63, 3.8) is 0 Å². The first kappa shape index (κ1) is 12.8. The number of rotatable bonds is 5. The lowest BCUT2D eigenvalue weighted by Crippen LogP contribution is -2.46. The second kappa shape index (κ2) is 6.36. The summed E-state index contributed by atoms with van der Waals surface area (Å²) >= 11 is 0. The van der Waals surface area contributed by atoms with E-state index in [1.165, 1.54) is 19.3 Å². The molecule has 98 valence electrons. The van der Waals surface area contributed by atoms with Crippen molar-refractivity contribution in [3.8, 4) is 0 Å². The number of hydrogen-bond acceptors (Lipinski definition) is 3. The maximum absolute atomic E-state index is 11.8. The lowest BCUT2D eigenvalue weighted by atomic mass is 9.83. The Hall–Kier alpha value is -0.610. The molecule has 2 rings (SSSR count). The minimum absolute atomic E-state index is 0.270. The van der Waals surface area contributed by atoms with Crippen molar-refractivity contribution in [3.05, 3.63) is 0 Å². The number of carbonyl (C=O) groups excluding carboxylic acids is 1. The zero-order chi connectivity index (χ0) is 12.1. The zero-order valence-corrected chi connectivity index (χ0v) is 10.7. The summed E-state index contributed by atoms with van der Waals surface area (Å²) in [6.07, 6.45) is 6.73. The van der Waals surface area contributed by atoms with Crippen LogP contribution in [0, 0.1) is 5.92 Å². The van der Waals surface area contributed by atoms with Crippen LogP contribution in [-0.2, 0) is 4.79 Å². The van der Waals surface area contributed by atoms with Crippen molar-refractivity contribution in [2.75, 3.05) is 26.2 Å². The fourth-order valence-corrected chi connectivity index (χ4v) is 2.73. The molecule has 3 N–H and O–H groups in total. The molecule has 0 bridgehead atoms. The SMILES string of the molecule is NCCN1CCC(NC(=O)CC2CCC2)CC1. The Kier molecular flexibility index (Phi) is 4.80. The smallest absolute Gasteiger partial charge is 0.220 e. The third-order valence-electron chi connectivity index (χ3n) is 4.10. The van der Waals surface area contributed by atoms with E-state index in [-0.39, 0.29) is 5.91 Å². The van der Waals surface area contributed by atoms with Crippen LogP contribution in [0.25, 0.3) is 0 Å². The molecule has 17 heavy (non-hydrogen) atoms. The van der Waals surface area contributed by atoms with E-state index in [2.05, 4.69) is 10.2 Å². The van der Waals surface area contributed by atoms with E-state index in [9.17, 15) is 4.79 Å². The molecular weight excluding hydrogens is 214 g/mol. The van der Waals surface area contributed by atoms with E-state index >= 15 is 0 Å². The van der Waals surface area contributed by atoms with Gasteiger partial charge in [-0.3, -0.25) is 4.79 Å². The Morgan fingerprint density at radius 2 is 1.94 bits per heavy atom. The van der Waals surface area contributed by atoms with Crippen molar-refractivity contribution < 1.29 is 4.79 Å². The number of nitrogens with one attached hydrogen (secondary N) is 1. The molecule has 0 aromatic carbocycles. The van der Waals surface area contributed by atoms with Gasteiger partial charge in [0, 0.05) is 38.6 Å². The van der Waals surface area contributed by atoms with Crippen LogP contribution >= 0.6 is 0 Å². The summed E-state index contributed by atoms with van der Waals surface area (Å²) in [5.74, 6) is 0.944. The standard InChI is InChI=1S/C13H25N3O/c14-6-9-16-7-4-12(5-8-16)15-13(17)10-11-2-1-3-11/h11-12H,1-10,14H2,(H,15,17). The second-order valence-corrected chi connectivity index (χ2v) is 5.47. The van der Waals surface area contributed by atoms with Crippen molar-refractivity contribution >= 4 is 5.91 Å². The Bertz CT molecular complexity index is 245. The molecule has 1 amide bonds. The summed E-state index contributed by atoms with van der Waals surface area (Å²) in [6.45, 7) is 3.87. The van der Waals surface area contributed by atoms with Crippen LogP contribution in [0.15, 0.2) is 0 Å². The Balaban J connectivity index is 1.61. The molecule has 0 radical (unpaired) electrons. The number of carbonyl (C=O) groups is 1. The summed E-state index contributed by atoms with van der Waals surface area (Å²) in [4.78, 5) is 14.2. The summed E-state index contributed by atoms with van der Waals surface area (Å²) in [6, 6.07) is 0.400. The van der Waals surface area contributed by atoms with Gasteiger partial charge in [0.2, 0.25) is 5.91 Å². The number of hydrogen-bond donors (Lipinski definition) is 2. The van der Waals surface area contributed by atoms with Gasteiger partial charge in [0.1, 0.15) is 0 Å². The van der Waals surface area contributed by atoms with Gasteiger partial charge in [-0.25, -0.2) is 0 Å². The minimum Gasteiger partial charge on any atom is -0.353 e. The summed E-state index contributed by atoms with van der Waals surface area (Å²) < 4.78 is 0. The normalized spacial score (nSPS) is 23.4. The molecule has 0 aromatic rings. The van der Waals surface area contributed by atoms with Gasteiger partial charge in [0.25, 0.3) is 0 Å². The first-order valence-corrected chi connectivity index (χ1v) is 6.99. The molecule has 0 aromatic heterocycles. The first-order valence-electron chi connectivity index (χ1n) is 6.99.